The Morgan fingerprint density at radius 1 is 1.15 bits per heavy atom. The fourth-order valence-corrected chi connectivity index (χ4v) is 1.06. The van der Waals surface area contributed by atoms with E-state index in [1.54, 1.807) is 0 Å². The van der Waals surface area contributed by atoms with E-state index in [1.165, 1.54) is 5.56 Å². The van der Waals surface area contributed by atoms with Crippen molar-refractivity contribution in [1.82, 2.24) is 0 Å². The summed E-state index contributed by atoms with van der Waals surface area (Å²) in [5.41, 5.74) is 1.17. The van der Waals surface area contributed by atoms with Crippen LogP contribution in [0.15, 0.2) is 30.3 Å². The van der Waals surface area contributed by atoms with Gasteiger partial charge in [-0.05, 0) is 12.1 Å². The van der Waals surface area contributed by atoms with Crippen LogP contribution in [0.2, 0.25) is 0 Å². The molecule has 13 heavy (non-hydrogen) atoms. The van der Waals surface area contributed by atoms with E-state index in [0.29, 0.717) is 6.61 Å². The first-order chi connectivity index (χ1) is 4.97. The van der Waals surface area contributed by atoms with Gasteiger partial charge in [-0.25, -0.2) is 0 Å². The van der Waals surface area contributed by atoms with Crippen LogP contribution in [-0.2, 0) is 33.3 Å². The topological polar surface area (TPSA) is 9.23 Å². The van der Waals surface area contributed by atoms with Crippen molar-refractivity contribution in [2.45, 2.75) is 0 Å². The van der Waals surface area contributed by atoms with Gasteiger partial charge in [-0.15, -0.1) is 0 Å². The Morgan fingerprint density at radius 2 is 1.85 bits per heavy atom. The molecule has 0 fully saturated rings. The zero-order valence-electron chi connectivity index (χ0n) is 6.73. The Labute approximate surface area is 103 Å². The fraction of sp³-hybridized carbons (Fsp3) is 0.111. The van der Waals surface area contributed by atoms with Crippen molar-refractivity contribution in [1.29, 1.82) is 0 Å². The monoisotopic (exact) mass is 277 g/mol. The minimum absolute atomic E-state index is 0. The van der Waals surface area contributed by atoms with Gasteiger partial charge in [0.1, 0.15) is 12.4 Å². The maximum absolute atomic E-state index is 5.34. The second-order valence-electron chi connectivity index (χ2n) is 2.25. The van der Waals surface area contributed by atoms with Crippen molar-refractivity contribution in [2.24, 2.45) is 0 Å². The van der Waals surface area contributed by atoms with Gasteiger partial charge in [-0.1, -0.05) is 24.3 Å². The number of benzene rings is 1. The molecule has 73 valence electrons. The average molecular weight is 278 g/mol. The van der Waals surface area contributed by atoms with Crippen LogP contribution in [0.4, 0.5) is 0 Å². The van der Waals surface area contributed by atoms with Gasteiger partial charge in [-0.3, -0.25) is 0 Å². The maximum atomic E-state index is 5.34. The van der Waals surface area contributed by atoms with E-state index in [2.05, 4.69) is 6.08 Å². The number of rotatable bonds is 0. The fourth-order valence-electron chi connectivity index (χ4n) is 1.06. The summed E-state index contributed by atoms with van der Waals surface area (Å²) in [6.07, 6.45) is 4.10. The second kappa shape index (κ2) is 7.39. The summed E-state index contributed by atoms with van der Waals surface area (Å²) in [4.78, 5) is 0. The third kappa shape index (κ3) is 3.69. The molecule has 5 radical (unpaired) electrons. The Hall–Kier alpha value is -0.0231. The Kier molecular flexibility index (Phi) is 8.78. The molecule has 0 spiro atoms. The van der Waals surface area contributed by atoms with Crippen molar-refractivity contribution in [3.05, 3.63) is 35.9 Å². The van der Waals surface area contributed by atoms with Gasteiger partial charge < -0.3 is 4.74 Å². The molecule has 2 rings (SSSR count). The van der Waals surface area contributed by atoms with E-state index in [1.807, 2.05) is 30.3 Å². The van der Waals surface area contributed by atoms with Crippen LogP contribution in [0.1, 0.15) is 5.56 Å². The van der Waals surface area contributed by atoms with Gasteiger partial charge in [0.2, 0.25) is 0 Å². The van der Waals surface area contributed by atoms with E-state index in [4.69, 9.17) is 4.74 Å². The van der Waals surface area contributed by atoms with E-state index in [-0.39, 0.29) is 44.2 Å². The van der Waals surface area contributed by atoms with Crippen molar-refractivity contribution in [3.8, 4) is 5.75 Å². The SMILES string of the molecule is C1=Cc2ccccc2OC1.[Co].[Ni].[Si]. The second-order valence-corrected chi connectivity index (χ2v) is 2.25. The first-order valence-electron chi connectivity index (χ1n) is 3.35. The van der Waals surface area contributed by atoms with Crippen LogP contribution < -0.4 is 4.74 Å². The predicted octanol–water partition coefficient (Wildman–Crippen LogP) is 1.71. The minimum atomic E-state index is 0. The third-order valence-corrected chi connectivity index (χ3v) is 1.55. The van der Waals surface area contributed by atoms with Crippen molar-refractivity contribution < 1.29 is 38.0 Å². The third-order valence-electron chi connectivity index (χ3n) is 1.55. The van der Waals surface area contributed by atoms with Crippen LogP contribution in [0.25, 0.3) is 6.08 Å². The molecule has 1 aliphatic heterocycles. The molecule has 1 nitrogen and oxygen atoms in total. The molecular weight excluding hydrogens is 270 g/mol. The molecular formula is C9H8CoNiOSi. The zero-order chi connectivity index (χ0) is 6.81. The maximum Gasteiger partial charge on any atom is 0.126 e. The number of para-hydroxylation sites is 1. The quantitative estimate of drug-likeness (QED) is 0.656. The van der Waals surface area contributed by atoms with Crippen LogP contribution in [0.5, 0.6) is 5.75 Å². The average Bonchev–Trinajstić information content (AvgIpc) is 2.05. The Morgan fingerprint density at radius 3 is 2.54 bits per heavy atom. The molecule has 0 N–H and O–H groups in total. The van der Waals surface area contributed by atoms with Crippen LogP contribution in [0, 0.1) is 0 Å². The van der Waals surface area contributed by atoms with Gasteiger partial charge in [0.05, 0.1) is 0 Å². The molecule has 0 atom stereocenters. The summed E-state index contributed by atoms with van der Waals surface area (Å²) in [5, 5.41) is 0. The Balaban J connectivity index is 0. The molecule has 1 heterocycles. The summed E-state index contributed by atoms with van der Waals surface area (Å²) in [5.74, 6) is 0.991. The smallest absolute Gasteiger partial charge is 0.126 e. The van der Waals surface area contributed by atoms with Crippen LogP contribution in [-0.4, -0.2) is 17.6 Å². The normalized spacial score (nSPS) is 10.8. The molecule has 0 saturated heterocycles. The molecule has 0 saturated carbocycles. The molecule has 0 bridgehead atoms. The van der Waals surface area contributed by atoms with Gasteiger partial charge in [0, 0.05) is 49.8 Å². The number of hydrogen-bond acceptors (Lipinski definition) is 1. The first-order valence-corrected chi connectivity index (χ1v) is 3.35. The van der Waals surface area contributed by atoms with Gasteiger partial charge in [0.25, 0.3) is 0 Å². The largest absolute Gasteiger partial charge is 0.489 e. The van der Waals surface area contributed by atoms with Crippen molar-refractivity contribution in [2.75, 3.05) is 6.61 Å². The summed E-state index contributed by atoms with van der Waals surface area (Å²) in [6.45, 7) is 0.705. The molecule has 0 aliphatic carbocycles. The van der Waals surface area contributed by atoms with E-state index in [0.717, 1.165) is 5.75 Å². The number of fused-ring (bicyclic) bond motifs is 1. The van der Waals surface area contributed by atoms with Crippen LogP contribution >= 0.6 is 0 Å². The minimum Gasteiger partial charge on any atom is -0.489 e. The molecule has 1 aliphatic rings. The first kappa shape index (κ1) is 15.4. The summed E-state index contributed by atoms with van der Waals surface area (Å²) < 4.78 is 5.34. The predicted molar refractivity (Wildman–Crippen MR) is 46.7 cm³/mol. The van der Waals surface area contributed by atoms with Gasteiger partial charge >= 0.3 is 0 Å². The zero-order valence-corrected chi connectivity index (χ0v) is 9.76. The van der Waals surface area contributed by atoms with E-state index < -0.39 is 0 Å². The molecule has 1 aromatic rings. The summed E-state index contributed by atoms with van der Waals surface area (Å²) in [6, 6.07) is 8.03. The number of hydrogen-bond donors (Lipinski definition) is 0. The van der Waals surface area contributed by atoms with Crippen molar-refractivity contribution >= 4 is 17.0 Å². The van der Waals surface area contributed by atoms with Crippen LogP contribution in [0.3, 0.4) is 0 Å². The Bertz CT molecular complexity index is 278. The summed E-state index contributed by atoms with van der Waals surface area (Å²) >= 11 is 0. The van der Waals surface area contributed by atoms with E-state index >= 15 is 0 Å². The number of ether oxygens (including phenoxy) is 1. The van der Waals surface area contributed by atoms with Gasteiger partial charge in [-0.2, -0.15) is 0 Å². The van der Waals surface area contributed by atoms with Crippen molar-refractivity contribution in [3.63, 3.8) is 0 Å². The molecule has 4 heteroatoms. The molecule has 0 aromatic heterocycles. The molecule has 0 amide bonds. The van der Waals surface area contributed by atoms with Gasteiger partial charge in [0.15, 0.2) is 0 Å². The van der Waals surface area contributed by atoms with E-state index in [9.17, 15) is 0 Å². The molecule has 0 unspecified atom stereocenters. The summed E-state index contributed by atoms with van der Waals surface area (Å²) in [7, 11) is 0. The standard InChI is InChI=1S/C9H8O.Co.Ni.Si/c1-2-6-9-8(4-1)5-3-7-10-9;;;/h1-6H,7H2;;;. The molecule has 1 aromatic carbocycles.